The maximum atomic E-state index is 13.4. The summed E-state index contributed by atoms with van der Waals surface area (Å²) in [5.74, 6) is -2.76. The molecule has 9 heteroatoms. The topological polar surface area (TPSA) is 94.0 Å². The van der Waals surface area contributed by atoms with Crippen LogP contribution in [-0.2, 0) is 0 Å². The second kappa shape index (κ2) is 4.69. The normalized spacial score (nSPS) is 10.4. The Kier molecular flexibility index (Phi) is 3.24. The third-order valence-corrected chi connectivity index (χ3v) is 2.59. The average molecular weight is 319 g/mol. The summed E-state index contributed by atoms with van der Waals surface area (Å²) in [5.41, 5.74) is 4.79. The van der Waals surface area contributed by atoms with Crippen molar-refractivity contribution in [1.82, 2.24) is 10.3 Å². The predicted molar refractivity (Wildman–Crippen MR) is 60.7 cm³/mol. The number of benzene rings is 1. The molecule has 1 aromatic carbocycles. The lowest BCUT2D eigenvalue weighted by molar-refractivity contribution is 0.101. The molecule has 1 aromatic heterocycles. The Balaban J connectivity index is 2.28. The molecule has 0 fully saturated rings. The van der Waals surface area contributed by atoms with Crippen LogP contribution in [0.3, 0.4) is 0 Å². The molecule has 0 aliphatic heterocycles. The van der Waals surface area contributed by atoms with Crippen molar-refractivity contribution in [3.8, 4) is 0 Å². The number of halogens is 3. The standard InChI is InChI=1S/C9H5BrF2N4O2/c10-3-1-6(5(12)2-4(3)11)14-9(17)7-8(13)16-18-15-7/h1-2H,(H2,13,16)(H,14,17). The van der Waals surface area contributed by atoms with Gasteiger partial charge in [0.05, 0.1) is 10.2 Å². The van der Waals surface area contributed by atoms with Crippen molar-refractivity contribution >= 4 is 33.3 Å². The molecule has 18 heavy (non-hydrogen) atoms. The highest BCUT2D eigenvalue weighted by Crippen LogP contribution is 2.24. The molecule has 94 valence electrons. The van der Waals surface area contributed by atoms with Crippen molar-refractivity contribution in [2.75, 3.05) is 11.1 Å². The van der Waals surface area contributed by atoms with Gasteiger partial charge >= 0.3 is 0 Å². The molecule has 0 saturated carbocycles. The number of nitrogens with two attached hydrogens (primary N) is 1. The third kappa shape index (κ3) is 2.30. The largest absolute Gasteiger partial charge is 0.379 e. The van der Waals surface area contributed by atoms with Crippen LogP contribution in [0.25, 0.3) is 0 Å². The molecule has 1 heterocycles. The lowest BCUT2D eigenvalue weighted by Crippen LogP contribution is -2.15. The summed E-state index contributed by atoms with van der Waals surface area (Å²) in [6.07, 6.45) is 0. The van der Waals surface area contributed by atoms with E-state index in [9.17, 15) is 13.6 Å². The molecule has 2 rings (SSSR count). The number of rotatable bonds is 2. The summed E-state index contributed by atoms with van der Waals surface area (Å²) in [6, 6.07) is 1.70. The van der Waals surface area contributed by atoms with Crippen molar-refractivity contribution in [2.45, 2.75) is 0 Å². The SMILES string of the molecule is Nc1nonc1C(=O)Nc1cc(Br)c(F)cc1F. The lowest BCUT2D eigenvalue weighted by atomic mass is 10.3. The molecule has 0 aliphatic carbocycles. The maximum Gasteiger partial charge on any atom is 0.281 e. The van der Waals surface area contributed by atoms with Crippen molar-refractivity contribution < 1.29 is 18.2 Å². The van der Waals surface area contributed by atoms with E-state index in [0.717, 1.165) is 6.07 Å². The number of hydrogen-bond acceptors (Lipinski definition) is 5. The van der Waals surface area contributed by atoms with Gasteiger partial charge in [-0.15, -0.1) is 0 Å². The van der Waals surface area contributed by atoms with E-state index in [2.05, 4.69) is 36.2 Å². The van der Waals surface area contributed by atoms with E-state index in [-0.39, 0.29) is 21.7 Å². The highest BCUT2D eigenvalue weighted by atomic mass is 79.9. The number of hydrogen-bond donors (Lipinski definition) is 2. The smallest absolute Gasteiger partial charge is 0.281 e. The van der Waals surface area contributed by atoms with Crippen LogP contribution in [-0.4, -0.2) is 16.2 Å². The fraction of sp³-hybridized carbons (Fsp3) is 0. The highest BCUT2D eigenvalue weighted by molar-refractivity contribution is 9.10. The molecular formula is C9H5BrF2N4O2. The van der Waals surface area contributed by atoms with Crippen molar-refractivity contribution in [3.05, 3.63) is 33.9 Å². The molecule has 2 aromatic rings. The fourth-order valence-electron chi connectivity index (χ4n) is 1.15. The first-order valence-corrected chi connectivity index (χ1v) is 5.32. The van der Waals surface area contributed by atoms with Crippen LogP contribution in [0, 0.1) is 11.6 Å². The van der Waals surface area contributed by atoms with Gasteiger partial charge in [0.1, 0.15) is 11.6 Å². The first kappa shape index (κ1) is 12.4. The van der Waals surface area contributed by atoms with Crippen molar-refractivity contribution in [3.63, 3.8) is 0 Å². The summed E-state index contributed by atoms with van der Waals surface area (Å²) < 4.78 is 30.6. The zero-order chi connectivity index (χ0) is 13.3. The number of nitrogens with zero attached hydrogens (tertiary/aromatic N) is 2. The minimum Gasteiger partial charge on any atom is -0.379 e. The van der Waals surface area contributed by atoms with E-state index in [1.807, 2.05) is 0 Å². The second-order valence-corrected chi connectivity index (χ2v) is 4.05. The Morgan fingerprint density at radius 2 is 2.06 bits per heavy atom. The molecule has 0 radical (unpaired) electrons. The first-order valence-electron chi connectivity index (χ1n) is 4.53. The summed E-state index contributed by atoms with van der Waals surface area (Å²) in [4.78, 5) is 11.6. The van der Waals surface area contributed by atoms with E-state index in [1.54, 1.807) is 0 Å². The average Bonchev–Trinajstić information content (AvgIpc) is 2.72. The Morgan fingerprint density at radius 1 is 1.33 bits per heavy atom. The van der Waals surface area contributed by atoms with Gasteiger partial charge in [0.15, 0.2) is 0 Å². The quantitative estimate of drug-likeness (QED) is 0.825. The number of carbonyl (C=O) groups is 1. The van der Waals surface area contributed by atoms with E-state index < -0.39 is 17.5 Å². The number of nitrogens with one attached hydrogen (secondary N) is 1. The molecular weight excluding hydrogens is 314 g/mol. The van der Waals surface area contributed by atoms with Gasteiger partial charge in [0, 0.05) is 6.07 Å². The van der Waals surface area contributed by atoms with E-state index in [4.69, 9.17) is 5.73 Å². The number of amides is 1. The fourth-order valence-corrected chi connectivity index (χ4v) is 1.50. The minimum atomic E-state index is -0.931. The van der Waals surface area contributed by atoms with Crippen LogP contribution in [0.4, 0.5) is 20.3 Å². The highest BCUT2D eigenvalue weighted by Gasteiger charge is 2.18. The Bertz CT molecular complexity index is 617. The summed E-state index contributed by atoms with van der Waals surface area (Å²) >= 11 is 2.87. The molecule has 0 bridgehead atoms. The zero-order valence-electron chi connectivity index (χ0n) is 8.58. The Hall–Kier alpha value is -2.03. The van der Waals surface area contributed by atoms with Gasteiger partial charge in [-0.1, -0.05) is 0 Å². The Morgan fingerprint density at radius 3 is 2.67 bits per heavy atom. The van der Waals surface area contributed by atoms with E-state index >= 15 is 0 Å². The third-order valence-electron chi connectivity index (χ3n) is 1.99. The zero-order valence-corrected chi connectivity index (χ0v) is 10.2. The second-order valence-electron chi connectivity index (χ2n) is 3.20. The molecule has 0 unspecified atom stereocenters. The van der Waals surface area contributed by atoms with Crippen LogP contribution >= 0.6 is 15.9 Å². The van der Waals surface area contributed by atoms with Gasteiger partial charge in [0.25, 0.3) is 5.91 Å². The predicted octanol–water partition coefficient (Wildman–Crippen LogP) is 1.94. The number of nitrogen functional groups attached to an aromatic ring is 1. The minimum absolute atomic E-state index is 0.00505. The van der Waals surface area contributed by atoms with Crippen LogP contribution < -0.4 is 11.1 Å². The van der Waals surface area contributed by atoms with E-state index in [0.29, 0.717) is 6.07 Å². The van der Waals surface area contributed by atoms with Gasteiger partial charge in [-0.25, -0.2) is 13.4 Å². The molecule has 0 aliphatic rings. The van der Waals surface area contributed by atoms with E-state index in [1.165, 1.54) is 0 Å². The number of aromatic nitrogens is 2. The molecule has 3 N–H and O–H groups in total. The Labute approximate surface area is 107 Å². The van der Waals surface area contributed by atoms with Crippen LogP contribution in [0.5, 0.6) is 0 Å². The van der Waals surface area contributed by atoms with Crippen LogP contribution in [0.1, 0.15) is 10.5 Å². The molecule has 6 nitrogen and oxygen atoms in total. The molecule has 1 amide bonds. The lowest BCUT2D eigenvalue weighted by Gasteiger charge is -2.05. The van der Waals surface area contributed by atoms with Crippen LogP contribution in [0.15, 0.2) is 21.2 Å². The van der Waals surface area contributed by atoms with Crippen molar-refractivity contribution in [2.24, 2.45) is 0 Å². The number of anilines is 2. The van der Waals surface area contributed by atoms with Gasteiger partial charge in [-0.2, -0.15) is 0 Å². The van der Waals surface area contributed by atoms with Gasteiger partial charge in [-0.3, -0.25) is 4.79 Å². The molecule has 0 saturated heterocycles. The first-order chi connectivity index (χ1) is 8.49. The van der Waals surface area contributed by atoms with Crippen LogP contribution in [0.2, 0.25) is 0 Å². The van der Waals surface area contributed by atoms with Crippen molar-refractivity contribution in [1.29, 1.82) is 0 Å². The number of carbonyl (C=O) groups excluding carboxylic acids is 1. The maximum absolute atomic E-state index is 13.4. The van der Waals surface area contributed by atoms with Gasteiger partial charge < -0.3 is 11.1 Å². The summed E-state index contributed by atoms with van der Waals surface area (Å²) in [6.45, 7) is 0. The molecule has 0 spiro atoms. The monoisotopic (exact) mass is 318 g/mol. The summed E-state index contributed by atoms with van der Waals surface area (Å²) in [5, 5.41) is 8.62. The summed E-state index contributed by atoms with van der Waals surface area (Å²) in [7, 11) is 0. The van der Waals surface area contributed by atoms with Gasteiger partial charge in [-0.05, 0) is 32.3 Å². The van der Waals surface area contributed by atoms with Gasteiger partial charge in [0.2, 0.25) is 11.5 Å². The molecule has 0 atom stereocenters.